The van der Waals surface area contributed by atoms with Crippen LogP contribution in [-0.4, -0.2) is 35.6 Å². The van der Waals surface area contributed by atoms with Gasteiger partial charge in [-0.25, -0.2) is 4.39 Å². The van der Waals surface area contributed by atoms with Crippen LogP contribution in [0.1, 0.15) is 42.1 Å². The van der Waals surface area contributed by atoms with Gasteiger partial charge in [0.05, 0.1) is 5.56 Å². The molecule has 1 unspecified atom stereocenters. The van der Waals surface area contributed by atoms with Crippen LogP contribution in [0, 0.1) is 23.6 Å². The Kier molecular flexibility index (Phi) is 5.35. The zero-order valence-corrected chi connectivity index (χ0v) is 12.2. The number of rotatable bonds is 1. The SMILES string of the molecule is CC1CCCN(C(=O)c2ccc(C#CCO)cc2F)CC1. The predicted octanol–water partition coefficient (Wildman–Crippen LogP) is 2.43. The maximum atomic E-state index is 14.1. The number of benzene rings is 1. The van der Waals surface area contributed by atoms with E-state index in [9.17, 15) is 9.18 Å². The van der Waals surface area contributed by atoms with Crippen LogP contribution in [0.4, 0.5) is 4.39 Å². The lowest BCUT2D eigenvalue weighted by Crippen LogP contribution is -2.32. The molecule has 1 fully saturated rings. The van der Waals surface area contributed by atoms with Gasteiger partial charge in [0.15, 0.2) is 0 Å². The molecule has 21 heavy (non-hydrogen) atoms. The monoisotopic (exact) mass is 289 g/mol. The van der Waals surface area contributed by atoms with Gasteiger partial charge in [-0.15, -0.1) is 0 Å². The topological polar surface area (TPSA) is 40.5 Å². The highest BCUT2D eigenvalue weighted by Crippen LogP contribution is 2.19. The van der Waals surface area contributed by atoms with Crippen LogP contribution in [0.15, 0.2) is 18.2 Å². The molecule has 1 aromatic carbocycles. The maximum absolute atomic E-state index is 14.1. The number of carbonyl (C=O) groups is 1. The Morgan fingerprint density at radius 1 is 1.43 bits per heavy atom. The number of aliphatic hydroxyl groups excluding tert-OH is 1. The van der Waals surface area contributed by atoms with Crippen LogP contribution in [0.3, 0.4) is 0 Å². The average Bonchev–Trinajstić information content (AvgIpc) is 2.69. The second-order valence-corrected chi connectivity index (χ2v) is 5.48. The van der Waals surface area contributed by atoms with Crippen molar-refractivity contribution in [2.75, 3.05) is 19.7 Å². The van der Waals surface area contributed by atoms with Crippen LogP contribution >= 0.6 is 0 Å². The summed E-state index contributed by atoms with van der Waals surface area (Å²) in [6, 6.07) is 4.34. The zero-order chi connectivity index (χ0) is 15.2. The number of amides is 1. The second kappa shape index (κ2) is 7.24. The van der Waals surface area contributed by atoms with Crippen molar-refractivity contribution in [2.24, 2.45) is 5.92 Å². The Balaban J connectivity index is 2.15. The molecule has 1 amide bonds. The number of nitrogens with zero attached hydrogens (tertiary/aromatic N) is 1. The summed E-state index contributed by atoms with van der Waals surface area (Å²) in [5.41, 5.74) is 0.557. The average molecular weight is 289 g/mol. The van der Waals surface area contributed by atoms with Crippen LogP contribution in [0.5, 0.6) is 0 Å². The van der Waals surface area contributed by atoms with E-state index in [1.54, 1.807) is 11.0 Å². The minimum atomic E-state index is -0.554. The van der Waals surface area contributed by atoms with Gasteiger partial charge in [-0.3, -0.25) is 4.79 Å². The lowest BCUT2D eigenvalue weighted by Gasteiger charge is -2.20. The molecular weight excluding hydrogens is 269 g/mol. The molecular formula is C17H20FNO2. The van der Waals surface area contributed by atoms with Gasteiger partial charge in [0.25, 0.3) is 5.91 Å². The maximum Gasteiger partial charge on any atom is 0.256 e. The fraction of sp³-hybridized carbons (Fsp3) is 0.471. The molecule has 0 spiro atoms. The van der Waals surface area contributed by atoms with Crippen molar-refractivity contribution in [3.63, 3.8) is 0 Å². The normalized spacial score (nSPS) is 18.6. The van der Waals surface area contributed by atoms with E-state index in [1.165, 1.54) is 12.1 Å². The first kappa shape index (κ1) is 15.5. The molecule has 0 saturated carbocycles. The van der Waals surface area contributed by atoms with E-state index in [2.05, 4.69) is 18.8 Å². The van der Waals surface area contributed by atoms with Crippen molar-refractivity contribution >= 4 is 5.91 Å². The summed E-state index contributed by atoms with van der Waals surface area (Å²) < 4.78 is 14.1. The molecule has 1 atom stereocenters. The van der Waals surface area contributed by atoms with Crippen LogP contribution in [-0.2, 0) is 0 Å². The highest BCUT2D eigenvalue weighted by Gasteiger charge is 2.22. The van der Waals surface area contributed by atoms with Gasteiger partial charge in [0.1, 0.15) is 12.4 Å². The molecule has 0 aromatic heterocycles. The number of hydrogen-bond donors (Lipinski definition) is 1. The molecule has 112 valence electrons. The molecule has 2 rings (SSSR count). The van der Waals surface area contributed by atoms with Gasteiger partial charge in [-0.2, -0.15) is 0 Å². The van der Waals surface area contributed by atoms with Gasteiger partial charge in [0.2, 0.25) is 0 Å². The highest BCUT2D eigenvalue weighted by atomic mass is 19.1. The Labute approximate surface area is 124 Å². The Hall–Kier alpha value is -1.86. The van der Waals surface area contributed by atoms with Gasteiger partial charge >= 0.3 is 0 Å². The lowest BCUT2D eigenvalue weighted by atomic mass is 10.0. The Morgan fingerprint density at radius 2 is 2.24 bits per heavy atom. The van der Waals surface area contributed by atoms with Crippen molar-refractivity contribution in [3.8, 4) is 11.8 Å². The molecule has 1 aliphatic heterocycles. The van der Waals surface area contributed by atoms with Crippen LogP contribution in [0.2, 0.25) is 0 Å². The van der Waals surface area contributed by atoms with Crippen molar-refractivity contribution in [1.29, 1.82) is 0 Å². The summed E-state index contributed by atoms with van der Waals surface area (Å²) in [6.45, 7) is 3.29. The number of halogens is 1. The molecule has 1 saturated heterocycles. The van der Waals surface area contributed by atoms with Crippen LogP contribution < -0.4 is 0 Å². The number of hydrogen-bond acceptors (Lipinski definition) is 2. The molecule has 1 N–H and O–H groups in total. The largest absolute Gasteiger partial charge is 0.384 e. The standard InChI is InChI=1S/C17H20FNO2/c1-13-4-2-9-19(10-8-13)17(21)15-7-6-14(5-3-11-20)12-16(15)18/h6-7,12-13,20H,2,4,8-11H2,1H3. The minimum Gasteiger partial charge on any atom is -0.384 e. The summed E-state index contributed by atoms with van der Waals surface area (Å²) in [5, 5.41) is 8.63. The van der Waals surface area contributed by atoms with E-state index < -0.39 is 5.82 Å². The van der Waals surface area contributed by atoms with Crippen molar-refractivity contribution < 1.29 is 14.3 Å². The second-order valence-electron chi connectivity index (χ2n) is 5.48. The van der Waals surface area contributed by atoms with E-state index in [1.807, 2.05) is 0 Å². The van der Waals surface area contributed by atoms with E-state index in [-0.39, 0.29) is 18.1 Å². The smallest absolute Gasteiger partial charge is 0.256 e. The number of likely N-dealkylation sites (tertiary alicyclic amines) is 1. The third kappa shape index (κ3) is 4.05. The lowest BCUT2D eigenvalue weighted by molar-refractivity contribution is 0.0755. The Bertz CT molecular complexity index is 574. The molecule has 3 nitrogen and oxygen atoms in total. The molecule has 1 aliphatic rings. The van der Waals surface area contributed by atoms with Crippen molar-refractivity contribution in [3.05, 3.63) is 35.1 Å². The molecule has 0 bridgehead atoms. The number of aliphatic hydroxyl groups is 1. The summed E-state index contributed by atoms with van der Waals surface area (Å²) in [6.07, 6.45) is 3.05. The van der Waals surface area contributed by atoms with Gasteiger partial charge in [-0.1, -0.05) is 18.8 Å². The zero-order valence-electron chi connectivity index (χ0n) is 12.2. The number of carbonyl (C=O) groups excluding carboxylic acids is 1. The Morgan fingerprint density at radius 3 is 2.95 bits per heavy atom. The van der Waals surface area contributed by atoms with Crippen molar-refractivity contribution in [1.82, 2.24) is 4.90 Å². The summed E-state index contributed by atoms with van der Waals surface area (Å²) in [4.78, 5) is 14.2. The predicted molar refractivity (Wildman–Crippen MR) is 79.3 cm³/mol. The third-order valence-electron chi connectivity index (χ3n) is 3.82. The molecule has 0 aliphatic carbocycles. The molecule has 4 heteroatoms. The fourth-order valence-electron chi connectivity index (χ4n) is 2.54. The van der Waals surface area contributed by atoms with Gasteiger partial charge in [0, 0.05) is 18.7 Å². The minimum absolute atomic E-state index is 0.0964. The van der Waals surface area contributed by atoms with Gasteiger partial charge in [-0.05, 0) is 43.4 Å². The third-order valence-corrected chi connectivity index (χ3v) is 3.82. The first-order valence-electron chi connectivity index (χ1n) is 7.30. The summed E-state index contributed by atoms with van der Waals surface area (Å²) in [7, 11) is 0. The first-order valence-corrected chi connectivity index (χ1v) is 7.30. The summed E-state index contributed by atoms with van der Waals surface area (Å²) >= 11 is 0. The molecule has 1 aromatic rings. The van der Waals surface area contributed by atoms with Crippen molar-refractivity contribution in [2.45, 2.75) is 26.2 Å². The van der Waals surface area contributed by atoms with Gasteiger partial charge < -0.3 is 10.0 Å². The van der Waals surface area contributed by atoms with E-state index in [0.29, 0.717) is 24.6 Å². The van der Waals surface area contributed by atoms with E-state index in [4.69, 9.17) is 5.11 Å². The summed E-state index contributed by atoms with van der Waals surface area (Å²) in [5.74, 6) is 4.91. The molecule has 1 heterocycles. The molecule has 0 radical (unpaired) electrons. The van der Waals surface area contributed by atoms with Crippen LogP contribution in [0.25, 0.3) is 0 Å². The fourth-order valence-corrected chi connectivity index (χ4v) is 2.54. The first-order chi connectivity index (χ1) is 10.1. The quantitative estimate of drug-likeness (QED) is 0.807. The van der Waals surface area contributed by atoms with E-state index in [0.717, 1.165) is 19.3 Å². The highest BCUT2D eigenvalue weighted by molar-refractivity contribution is 5.94. The van der Waals surface area contributed by atoms with E-state index >= 15 is 0 Å².